The molecule has 0 saturated carbocycles. The maximum absolute atomic E-state index is 4.77. The molecule has 1 aromatic heterocycles. The van der Waals surface area contributed by atoms with E-state index in [0.29, 0.717) is 6.04 Å². The largest absolute Gasteiger partial charge is 0.354 e. The molecule has 0 radical (unpaired) electrons. The average molecular weight is 249 g/mol. The van der Waals surface area contributed by atoms with E-state index in [0.717, 1.165) is 31.1 Å². The van der Waals surface area contributed by atoms with Gasteiger partial charge in [0.15, 0.2) is 0 Å². The van der Waals surface area contributed by atoms with Gasteiger partial charge in [-0.1, -0.05) is 6.92 Å². The van der Waals surface area contributed by atoms with Crippen LogP contribution in [0, 0.1) is 13.8 Å². The third-order valence-electron chi connectivity index (χ3n) is 3.24. The van der Waals surface area contributed by atoms with Gasteiger partial charge < -0.3 is 10.2 Å². The third kappa shape index (κ3) is 3.45. The lowest BCUT2D eigenvalue weighted by molar-refractivity contribution is 0.669. The second-order valence-corrected chi connectivity index (χ2v) is 5.04. The monoisotopic (exact) mass is 249 g/mol. The summed E-state index contributed by atoms with van der Waals surface area (Å²) < 4.78 is 0. The molecule has 0 aliphatic rings. The van der Waals surface area contributed by atoms with E-state index in [1.807, 2.05) is 0 Å². The Kier molecular flexibility index (Phi) is 5.60. The second-order valence-electron chi connectivity index (χ2n) is 5.04. The lowest BCUT2D eigenvalue weighted by Crippen LogP contribution is -2.33. The SMILES string of the molecule is CCNCc1c(C)cc(C)nc1N(CC)C(C)C. The maximum Gasteiger partial charge on any atom is 0.133 e. The van der Waals surface area contributed by atoms with Gasteiger partial charge in [-0.05, 0) is 52.8 Å². The van der Waals surface area contributed by atoms with Crippen molar-refractivity contribution in [1.29, 1.82) is 0 Å². The fourth-order valence-electron chi connectivity index (χ4n) is 2.31. The smallest absolute Gasteiger partial charge is 0.133 e. The van der Waals surface area contributed by atoms with Crippen LogP contribution < -0.4 is 10.2 Å². The normalized spacial score (nSPS) is 11.1. The summed E-state index contributed by atoms with van der Waals surface area (Å²) in [6.07, 6.45) is 0. The number of hydrogen-bond acceptors (Lipinski definition) is 3. The highest BCUT2D eigenvalue weighted by Gasteiger charge is 2.16. The van der Waals surface area contributed by atoms with E-state index >= 15 is 0 Å². The molecule has 3 heteroatoms. The molecular weight excluding hydrogens is 222 g/mol. The molecule has 0 saturated heterocycles. The van der Waals surface area contributed by atoms with Gasteiger partial charge in [-0.3, -0.25) is 0 Å². The first-order chi connectivity index (χ1) is 8.51. The minimum absolute atomic E-state index is 0.476. The van der Waals surface area contributed by atoms with Gasteiger partial charge in [-0.2, -0.15) is 0 Å². The average Bonchev–Trinajstić information content (AvgIpc) is 2.28. The topological polar surface area (TPSA) is 28.2 Å². The van der Waals surface area contributed by atoms with Crippen molar-refractivity contribution in [2.75, 3.05) is 18.0 Å². The predicted molar refractivity (Wildman–Crippen MR) is 79.2 cm³/mol. The molecule has 0 spiro atoms. The zero-order valence-electron chi connectivity index (χ0n) is 12.7. The highest BCUT2D eigenvalue weighted by atomic mass is 15.2. The van der Waals surface area contributed by atoms with Crippen LogP contribution >= 0.6 is 0 Å². The van der Waals surface area contributed by atoms with Gasteiger partial charge in [-0.15, -0.1) is 0 Å². The van der Waals surface area contributed by atoms with E-state index < -0.39 is 0 Å². The van der Waals surface area contributed by atoms with Gasteiger partial charge in [-0.25, -0.2) is 4.98 Å². The van der Waals surface area contributed by atoms with Crippen LogP contribution in [0.2, 0.25) is 0 Å². The zero-order valence-corrected chi connectivity index (χ0v) is 12.7. The first-order valence-corrected chi connectivity index (χ1v) is 6.95. The van der Waals surface area contributed by atoms with Crippen molar-refractivity contribution < 1.29 is 0 Å². The fraction of sp³-hybridized carbons (Fsp3) is 0.667. The Hall–Kier alpha value is -1.09. The number of rotatable bonds is 6. The second kappa shape index (κ2) is 6.74. The number of aromatic nitrogens is 1. The number of anilines is 1. The van der Waals surface area contributed by atoms with Crippen LogP contribution in [0.4, 0.5) is 5.82 Å². The molecule has 1 heterocycles. The summed E-state index contributed by atoms with van der Waals surface area (Å²) in [5.74, 6) is 1.14. The highest BCUT2D eigenvalue weighted by Crippen LogP contribution is 2.24. The molecule has 0 fully saturated rings. The van der Waals surface area contributed by atoms with Crippen LogP contribution in [0.25, 0.3) is 0 Å². The van der Waals surface area contributed by atoms with Crippen molar-refractivity contribution >= 4 is 5.82 Å². The molecule has 1 aromatic rings. The summed E-state index contributed by atoms with van der Waals surface area (Å²) in [5.41, 5.74) is 3.76. The van der Waals surface area contributed by atoms with Crippen LogP contribution in [-0.2, 0) is 6.54 Å². The predicted octanol–water partition coefficient (Wildman–Crippen LogP) is 3.04. The molecule has 0 amide bonds. The number of pyridine rings is 1. The minimum atomic E-state index is 0.476. The molecule has 3 nitrogen and oxygen atoms in total. The van der Waals surface area contributed by atoms with Crippen molar-refractivity contribution in [3.8, 4) is 0 Å². The highest BCUT2D eigenvalue weighted by molar-refractivity contribution is 5.52. The Morgan fingerprint density at radius 3 is 2.44 bits per heavy atom. The molecule has 0 aliphatic carbocycles. The summed E-state index contributed by atoms with van der Waals surface area (Å²) in [6, 6.07) is 2.65. The van der Waals surface area contributed by atoms with Crippen molar-refractivity contribution in [1.82, 2.24) is 10.3 Å². The van der Waals surface area contributed by atoms with Gasteiger partial charge in [0.1, 0.15) is 5.82 Å². The Balaban J connectivity index is 3.20. The molecule has 0 bridgehead atoms. The summed E-state index contributed by atoms with van der Waals surface area (Å²) in [6.45, 7) is 15.9. The molecule has 0 atom stereocenters. The molecule has 1 rings (SSSR count). The number of hydrogen-bond donors (Lipinski definition) is 1. The first-order valence-electron chi connectivity index (χ1n) is 6.95. The lowest BCUT2D eigenvalue weighted by atomic mass is 10.1. The van der Waals surface area contributed by atoms with Crippen molar-refractivity contribution in [3.63, 3.8) is 0 Å². The van der Waals surface area contributed by atoms with Gasteiger partial charge in [0.05, 0.1) is 0 Å². The third-order valence-corrected chi connectivity index (χ3v) is 3.24. The lowest BCUT2D eigenvalue weighted by Gasteiger charge is -2.29. The molecule has 0 unspecified atom stereocenters. The standard InChI is InChI=1S/C15H27N3/c1-7-16-10-14-12(5)9-13(6)17-15(14)18(8-2)11(3)4/h9,11,16H,7-8,10H2,1-6H3. The number of nitrogens with zero attached hydrogens (tertiary/aromatic N) is 2. The zero-order chi connectivity index (χ0) is 13.7. The van der Waals surface area contributed by atoms with Crippen LogP contribution in [0.1, 0.15) is 44.5 Å². The van der Waals surface area contributed by atoms with Gasteiger partial charge >= 0.3 is 0 Å². The molecule has 102 valence electrons. The maximum atomic E-state index is 4.77. The molecular formula is C15H27N3. The first kappa shape index (κ1) is 15.0. The van der Waals surface area contributed by atoms with Crippen LogP contribution in [0.3, 0.4) is 0 Å². The minimum Gasteiger partial charge on any atom is -0.354 e. The Labute approximate surface area is 112 Å². The quantitative estimate of drug-likeness (QED) is 0.840. The summed E-state index contributed by atoms with van der Waals surface area (Å²) >= 11 is 0. The van der Waals surface area contributed by atoms with Crippen molar-refractivity contribution in [2.45, 2.75) is 54.1 Å². The number of aryl methyl sites for hydroxylation is 2. The van der Waals surface area contributed by atoms with Crippen LogP contribution in [-0.4, -0.2) is 24.1 Å². The van der Waals surface area contributed by atoms with E-state index in [1.54, 1.807) is 0 Å². The Bertz CT molecular complexity index is 386. The Morgan fingerprint density at radius 1 is 1.28 bits per heavy atom. The molecule has 1 N–H and O–H groups in total. The number of nitrogens with one attached hydrogen (secondary N) is 1. The molecule has 18 heavy (non-hydrogen) atoms. The van der Waals surface area contributed by atoms with E-state index in [9.17, 15) is 0 Å². The molecule has 0 aromatic carbocycles. The summed E-state index contributed by atoms with van der Waals surface area (Å²) in [7, 11) is 0. The van der Waals surface area contributed by atoms with Gasteiger partial charge in [0, 0.05) is 30.4 Å². The molecule has 0 aliphatic heterocycles. The van der Waals surface area contributed by atoms with E-state index in [-0.39, 0.29) is 0 Å². The fourth-order valence-corrected chi connectivity index (χ4v) is 2.31. The van der Waals surface area contributed by atoms with E-state index in [1.165, 1.54) is 11.1 Å². The van der Waals surface area contributed by atoms with E-state index in [2.05, 4.69) is 57.8 Å². The van der Waals surface area contributed by atoms with Crippen LogP contribution in [0.5, 0.6) is 0 Å². The van der Waals surface area contributed by atoms with Crippen molar-refractivity contribution in [3.05, 3.63) is 22.9 Å². The van der Waals surface area contributed by atoms with Gasteiger partial charge in [0.25, 0.3) is 0 Å². The van der Waals surface area contributed by atoms with Crippen LogP contribution in [0.15, 0.2) is 6.07 Å². The van der Waals surface area contributed by atoms with E-state index in [4.69, 9.17) is 4.98 Å². The Morgan fingerprint density at radius 2 is 1.94 bits per heavy atom. The van der Waals surface area contributed by atoms with Gasteiger partial charge in [0.2, 0.25) is 0 Å². The summed E-state index contributed by atoms with van der Waals surface area (Å²) in [5, 5.41) is 3.42. The van der Waals surface area contributed by atoms with Crippen molar-refractivity contribution in [2.24, 2.45) is 0 Å². The summed E-state index contributed by atoms with van der Waals surface area (Å²) in [4.78, 5) is 7.13.